The van der Waals surface area contributed by atoms with Gasteiger partial charge in [-0.2, -0.15) is 0 Å². The van der Waals surface area contributed by atoms with Crippen LogP contribution in [0.5, 0.6) is 11.5 Å². The van der Waals surface area contributed by atoms with Crippen molar-refractivity contribution in [2.75, 3.05) is 22.7 Å². The van der Waals surface area contributed by atoms with Gasteiger partial charge in [-0.05, 0) is 55.7 Å². The SMILES string of the molecule is CCC(C(=O)Nc1ccc2c(c1)OCO2)N(c1cc(C)cc(C)c1)S(C)(=O)=O. The molecule has 1 aliphatic heterocycles. The number of hydrogen-bond donors (Lipinski definition) is 1. The average molecular weight is 404 g/mol. The molecule has 0 aliphatic carbocycles. The van der Waals surface area contributed by atoms with E-state index in [9.17, 15) is 13.2 Å². The van der Waals surface area contributed by atoms with Crippen molar-refractivity contribution in [2.45, 2.75) is 33.2 Å². The van der Waals surface area contributed by atoms with E-state index in [0.717, 1.165) is 17.4 Å². The van der Waals surface area contributed by atoms with Crippen LogP contribution in [0.25, 0.3) is 0 Å². The van der Waals surface area contributed by atoms with Crippen LogP contribution in [0.1, 0.15) is 24.5 Å². The Morgan fingerprint density at radius 2 is 1.75 bits per heavy atom. The highest BCUT2D eigenvalue weighted by Crippen LogP contribution is 2.34. The maximum Gasteiger partial charge on any atom is 0.248 e. The number of fused-ring (bicyclic) bond motifs is 1. The second kappa shape index (κ2) is 7.71. The van der Waals surface area contributed by atoms with Crippen molar-refractivity contribution in [3.8, 4) is 11.5 Å². The maximum absolute atomic E-state index is 13.0. The summed E-state index contributed by atoms with van der Waals surface area (Å²) >= 11 is 0. The lowest BCUT2D eigenvalue weighted by Gasteiger charge is -2.30. The Kier molecular flexibility index (Phi) is 5.51. The lowest BCUT2D eigenvalue weighted by Crippen LogP contribution is -2.47. The molecule has 0 saturated carbocycles. The van der Waals surface area contributed by atoms with E-state index in [2.05, 4.69) is 5.32 Å². The fourth-order valence-electron chi connectivity index (χ4n) is 3.34. The Morgan fingerprint density at radius 3 is 2.36 bits per heavy atom. The summed E-state index contributed by atoms with van der Waals surface area (Å²) < 4.78 is 36.9. The van der Waals surface area contributed by atoms with Crippen LogP contribution >= 0.6 is 0 Å². The summed E-state index contributed by atoms with van der Waals surface area (Å²) in [5.74, 6) is 0.740. The molecule has 7 nitrogen and oxygen atoms in total. The summed E-state index contributed by atoms with van der Waals surface area (Å²) in [7, 11) is -3.68. The molecule has 150 valence electrons. The molecule has 1 unspecified atom stereocenters. The first kappa shape index (κ1) is 20.0. The Bertz CT molecular complexity index is 983. The van der Waals surface area contributed by atoms with Crippen molar-refractivity contribution in [3.63, 3.8) is 0 Å². The van der Waals surface area contributed by atoms with Crippen LogP contribution in [0.3, 0.4) is 0 Å². The van der Waals surface area contributed by atoms with E-state index in [1.54, 1.807) is 37.3 Å². The molecule has 28 heavy (non-hydrogen) atoms. The number of carbonyl (C=O) groups excluding carboxylic acids is 1. The van der Waals surface area contributed by atoms with E-state index in [1.807, 2.05) is 19.9 Å². The van der Waals surface area contributed by atoms with E-state index in [-0.39, 0.29) is 6.79 Å². The Labute approximate surface area is 165 Å². The summed E-state index contributed by atoms with van der Waals surface area (Å²) in [6, 6.07) is 9.67. The monoisotopic (exact) mass is 404 g/mol. The molecule has 0 bridgehead atoms. The van der Waals surface area contributed by atoms with Crippen molar-refractivity contribution in [3.05, 3.63) is 47.5 Å². The average Bonchev–Trinajstić information content (AvgIpc) is 3.05. The van der Waals surface area contributed by atoms with Crippen molar-refractivity contribution in [1.82, 2.24) is 0 Å². The van der Waals surface area contributed by atoms with E-state index in [1.165, 1.54) is 4.31 Å². The number of nitrogens with zero attached hydrogens (tertiary/aromatic N) is 1. The molecule has 8 heteroatoms. The molecule has 0 saturated heterocycles. The van der Waals surface area contributed by atoms with Gasteiger partial charge in [0.15, 0.2) is 11.5 Å². The molecule has 0 aromatic heterocycles. The van der Waals surface area contributed by atoms with Crippen LogP contribution in [-0.2, 0) is 14.8 Å². The van der Waals surface area contributed by atoms with E-state index >= 15 is 0 Å². The molecule has 3 rings (SSSR count). The van der Waals surface area contributed by atoms with E-state index < -0.39 is 22.0 Å². The zero-order valence-corrected chi connectivity index (χ0v) is 17.2. The Hall–Kier alpha value is -2.74. The third-order valence-corrected chi connectivity index (χ3v) is 5.61. The quantitative estimate of drug-likeness (QED) is 0.799. The van der Waals surface area contributed by atoms with Crippen LogP contribution in [-0.4, -0.2) is 33.4 Å². The van der Waals surface area contributed by atoms with Gasteiger partial charge in [0.05, 0.1) is 11.9 Å². The zero-order chi connectivity index (χ0) is 20.5. The van der Waals surface area contributed by atoms with Gasteiger partial charge in [0, 0.05) is 11.8 Å². The van der Waals surface area contributed by atoms with Gasteiger partial charge < -0.3 is 14.8 Å². The van der Waals surface area contributed by atoms with Gasteiger partial charge in [-0.15, -0.1) is 0 Å². The minimum Gasteiger partial charge on any atom is -0.454 e. The second-order valence-corrected chi connectivity index (χ2v) is 8.75. The Morgan fingerprint density at radius 1 is 1.11 bits per heavy atom. The molecule has 2 aromatic rings. The number of anilines is 2. The van der Waals surface area contributed by atoms with Crippen LogP contribution < -0.4 is 19.1 Å². The van der Waals surface area contributed by atoms with Gasteiger partial charge in [0.1, 0.15) is 6.04 Å². The highest BCUT2D eigenvalue weighted by Gasteiger charge is 2.32. The molecular weight excluding hydrogens is 380 g/mol. The number of rotatable bonds is 6. The summed E-state index contributed by atoms with van der Waals surface area (Å²) in [6.45, 7) is 5.71. The molecule has 0 radical (unpaired) electrons. The molecule has 0 fully saturated rings. The minimum atomic E-state index is -3.68. The fourth-order valence-corrected chi connectivity index (χ4v) is 4.53. The first-order valence-corrected chi connectivity index (χ1v) is 10.8. The zero-order valence-electron chi connectivity index (χ0n) is 16.4. The van der Waals surface area contributed by atoms with Crippen LogP contribution in [0.2, 0.25) is 0 Å². The number of carbonyl (C=O) groups is 1. The molecule has 1 atom stereocenters. The molecule has 1 aliphatic rings. The highest BCUT2D eigenvalue weighted by molar-refractivity contribution is 7.92. The maximum atomic E-state index is 13.0. The van der Waals surface area contributed by atoms with Gasteiger partial charge >= 0.3 is 0 Å². The van der Waals surface area contributed by atoms with Crippen molar-refractivity contribution in [1.29, 1.82) is 0 Å². The Balaban J connectivity index is 1.92. The largest absolute Gasteiger partial charge is 0.454 e. The third kappa shape index (κ3) is 4.22. The lowest BCUT2D eigenvalue weighted by atomic mass is 10.1. The molecule has 1 N–H and O–H groups in total. The van der Waals surface area contributed by atoms with Crippen molar-refractivity contribution < 1.29 is 22.7 Å². The smallest absolute Gasteiger partial charge is 0.248 e. The molecule has 0 spiro atoms. The molecule has 1 heterocycles. The lowest BCUT2D eigenvalue weighted by molar-refractivity contribution is -0.117. The van der Waals surface area contributed by atoms with Crippen molar-refractivity contribution >= 4 is 27.3 Å². The standard InChI is InChI=1S/C20H24N2O5S/c1-5-17(20(23)21-15-6-7-18-19(11-15)27-12-26-18)22(28(4,24)25)16-9-13(2)8-14(3)10-16/h6-11,17H,5,12H2,1-4H3,(H,21,23). The predicted molar refractivity (Wildman–Crippen MR) is 109 cm³/mol. The summed E-state index contributed by atoms with van der Waals surface area (Å²) in [4.78, 5) is 13.0. The third-order valence-electron chi connectivity index (χ3n) is 4.43. The number of ether oxygens (including phenoxy) is 2. The minimum absolute atomic E-state index is 0.138. The topological polar surface area (TPSA) is 84.9 Å². The van der Waals surface area contributed by atoms with Crippen LogP contribution in [0, 0.1) is 13.8 Å². The highest BCUT2D eigenvalue weighted by atomic mass is 32.2. The summed E-state index contributed by atoms with van der Waals surface area (Å²) in [5.41, 5.74) is 2.85. The normalized spacial score (nSPS) is 13.9. The van der Waals surface area contributed by atoms with Crippen LogP contribution in [0.4, 0.5) is 11.4 Å². The second-order valence-electron chi connectivity index (χ2n) is 6.89. The van der Waals surface area contributed by atoms with E-state index in [0.29, 0.717) is 29.3 Å². The summed E-state index contributed by atoms with van der Waals surface area (Å²) in [5, 5.41) is 2.79. The number of aryl methyl sites for hydroxylation is 2. The van der Waals surface area contributed by atoms with Crippen LogP contribution in [0.15, 0.2) is 36.4 Å². The number of sulfonamides is 1. The number of benzene rings is 2. The van der Waals surface area contributed by atoms with Gasteiger partial charge in [0.2, 0.25) is 22.7 Å². The van der Waals surface area contributed by atoms with Gasteiger partial charge in [-0.25, -0.2) is 8.42 Å². The van der Waals surface area contributed by atoms with Crippen molar-refractivity contribution in [2.24, 2.45) is 0 Å². The molecule has 1 amide bonds. The molecular formula is C20H24N2O5S. The first-order valence-electron chi connectivity index (χ1n) is 8.97. The van der Waals surface area contributed by atoms with E-state index in [4.69, 9.17) is 9.47 Å². The summed E-state index contributed by atoms with van der Waals surface area (Å²) in [6.07, 6.45) is 1.43. The number of hydrogen-bond acceptors (Lipinski definition) is 5. The van der Waals surface area contributed by atoms with Gasteiger partial charge in [-0.1, -0.05) is 13.0 Å². The predicted octanol–water partition coefficient (Wildman–Crippen LogP) is 3.22. The number of amides is 1. The first-order chi connectivity index (χ1) is 13.2. The van der Waals surface area contributed by atoms with Gasteiger partial charge in [-0.3, -0.25) is 9.10 Å². The number of nitrogens with one attached hydrogen (secondary N) is 1. The molecule has 2 aromatic carbocycles. The van der Waals surface area contributed by atoms with Gasteiger partial charge in [0.25, 0.3) is 0 Å². The fraction of sp³-hybridized carbons (Fsp3) is 0.350.